The molecule has 6 heteroatoms. The lowest BCUT2D eigenvalue weighted by Gasteiger charge is -2.26. The van der Waals surface area contributed by atoms with Gasteiger partial charge in [0.05, 0.1) is 19.4 Å². The average molecular weight is 276 g/mol. The van der Waals surface area contributed by atoms with Crippen LogP contribution in [0.2, 0.25) is 0 Å². The maximum absolute atomic E-state index is 12.9. The second-order valence-electron chi connectivity index (χ2n) is 4.48. The summed E-state index contributed by atoms with van der Waals surface area (Å²) >= 11 is 0. The molecule has 1 aliphatic rings. The van der Waals surface area contributed by atoms with Crippen LogP contribution in [-0.2, 0) is 4.74 Å². The fourth-order valence-electron chi connectivity index (χ4n) is 2.14. The van der Waals surface area contributed by atoms with Crippen molar-refractivity contribution in [2.75, 3.05) is 26.3 Å². The molecule has 1 aromatic carbocycles. The summed E-state index contributed by atoms with van der Waals surface area (Å²) in [5, 5.41) is 3.69. The smallest absolute Gasteiger partial charge is 0.259 e. The van der Waals surface area contributed by atoms with Crippen molar-refractivity contribution < 1.29 is 18.4 Å². The van der Waals surface area contributed by atoms with E-state index in [4.69, 9.17) is 9.26 Å². The van der Waals surface area contributed by atoms with E-state index in [1.165, 1.54) is 18.3 Å². The first-order valence-electron chi connectivity index (χ1n) is 6.33. The quantitative estimate of drug-likeness (QED) is 0.841. The molecule has 0 saturated carbocycles. The van der Waals surface area contributed by atoms with Crippen LogP contribution in [0, 0.1) is 5.82 Å². The third-order valence-electron chi connectivity index (χ3n) is 3.21. The molecule has 0 unspecified atom stereocenters. The SMILES string of the molecule is O=C(c1cnoc1-c1ccc(F)cc1)N1CCOCC1. The van der Waals surface area contributed by atoms with E-state index in [0.29, 0.717) is 43.2 Å². The second-order valence-corrected chi connectivity index (χ2v) is 4.48. The Kier molecular flexibility index (Phi) is 3.47. The van der Waals surface area contributed by atoms with Gasteiger partial charge < -0.3 is 14.2 Å². The lowest BCUT2D eigenvalue weighted by Crippen LogP contribution is -2.40. The second kappa shape index (κ2) is 5.42. The molecule has 104 valence electrons. The molecule has 1 amide bonds. The van der Waals surface area contributed by atoms with Gasteiger partial charge in [0.25, 0.3) is 5.91 Å². The molecule has 1 saturated heterocycles. The highest BCUT2D eigenvalue weighted by Gasteiger charge is 2.24. The summed E-state index contributed by atoms with van der Waals surface area (Å²) in [5.74, 6) is -0.121. The first kappa shape index (κ1) is 12.8. The molecule has 1 aromatic heterocycles. The molecular weight excluding hydrogens is 263 g/mol. The first-order chi connectivity index (χ1) is 9.75. The minimum atomic E-state index is -0.339. The van der Waals surface area contributed by atoms with Gasteiger partial charge in [0.1, 0.15) is 11.4 Å². The van der Waals surface area contributed by atoms with Gasteiger partial charge in [-0.1, -0.05) is 5.16 Å². The number of hydrogen-bond acceptors (Lipinski definition) is 4. The number of benzene rings is 1. The Hall–Kier alpha value is -2.21. The number of halogens is 1. The zero-order valence-electron chi connectivity index (χ0n) is 10.7. The summed E-state index contributed by atoms with van der Waals surface area (Å²) in [5.41, 5.74) is 1.01. The molecule has 2 heterocycles. The van der Waals surface area contributed by atoms with Gasteiger partial charge in [-0.05, 0) is 24.3 Å². The van der Waals surface area contributed by atoms with Crippen molar-refractivity contribution in [3.05, 3.63) is 41.8 Å². The van der Waals surface area contributed by atoms with Crippen LogP contribution in [0.15, 0.2) is 35.0 Å². The molecule has 3 rings (SSSR count). The van der Waals surface area contributed by atoms with E-state index in [1.54, 1.807) is 17.0 Å². The van der Waals surface area contributed by atoms with E-state index in [9.17, 15) is 9.18 Å². The van der Waals surface area contributed by atoms with E-state index < -0.39 is 0 Å². The highest BCUT2D eigenvalue weighted by atomic mass is 19.1. The number of ether oxygens (including phenoxy) is 1. The van der Waals surface area contributed by atoms with Gasteiger partial charge >= 0.3 is 0 Å². The predicted molar refractivity (Wildman–Crippen MR) is 68.6 cm³/mol. The predicted octanol–water partition coefficient (Wildman–Crippen LogP) is 1.95. The molecule has 0 atom stereocenters. The van der Waals surface area contributed by atoms with Crippen molar-refractivity contribution >= 4 is 5.91 Å². The van der Waals surface area contributed by atoms with Crippen molar-refractivity contribution in [2.24, 2.45) is 0 Å². The Labute approximate surface area is 114 Å². The van der Waals surface area contributed by atoms with Gasteiger partial charge in [-0.15, -0.1) is 0 Å². The van der Waals surface area contributed by atoms with Gasteiger partial charge in [0, 0.05) is 18.7 Å². The van der Waals surface area contributed by atoms with Gasteiger partial charge in [0.15, 0.2) is 5.76 Å². The van der Waals surface area contributed by atoms with Crippen molar-refractivity contribution in [3.63, 3.8) is 0 Å². The van der Waals surface area contributed by atoms with Crippen LogP contribution in [0.4, 0.5) is 4.39 Å². The van der Waals surface area contributed by atoms with Crippen molar-refractivity contribution in [2.45, 2.75) is 0 Å². The van der Waals surface area contributed by atoms with Crippen LogP contribution in [0.25, 0.3) is 11.3 Å². The van der Waals surface area contributed by atoms with E-state index in [2.05, 4.69) is 5.16 Å². The molecule has 0 N–H and O–H groups in total. The number of hydrogen-bond donors (Lipinski definition) is 0. The lowest BCUT2D eigenvalue weighted by atomic mass is 10.1. The van der Waals surface area contributed by atoms with Crippen LogP contribution in [0.1, 0.15) is 10.4 Å². The van der Waals surface area contributed by atoms with Crippen molar-refractivity contribution in [3.8, 4) is 11.3 Å². The number of carbonyl (C=O) groups excluding carboxylic acids is 1. The van der Waals surface area contributed by atoms with Gasteiger partial charge in [-0.3, -0.25) is 4.79 Å². The summed E-state index contributed by atoms with van der Waals surface area (Å²) in [6.07, 6.45) is 1.40. The monoisotopic (exact) mass is 276 g/mol. The highest BCUT2D eigenvalue weighted by Crippen LogP contribution is 2.25. The van der Waals surface area contributed by atoms with E-state index in [1.807, 2.05) is 0 Å². The maximum Gasteiger partial charge on any atom is 0.259 e. The summed E-state index contributed by atoms with van der Waals surface area (Å²) < 4.78 is 23.3. The van der Waals surface area contributed by atoms with Gasteiger partial charge in [-0.25, -0.2) is 4.39 Å². The van der Waals surface area contributed by atoms with Crippen molar-refractivity contribution in [1.82, 2.24) is 10.1 Å². The van der Waals surface area contributed by atoms with E-state index in [-0.39, 0.29) is 11.7 Å². The summed E-state index contributed by atoms with van der Waals surface area (Å²) in [6.45, 7) is 2.16. The molecule has 1 fully saturated rings. The minimum absolute atomic E-state index is 0.145. The minimum Gasteiger partial charge on any atom is -0.378 e. The normalized spacial score (nSPS) is 15.3. The Balaban J connectivity index is 1.89. The number of rotatable bonds is 2. The van der Waals surface area contributed by atoms with E-state index in [0.717, 1.165) is 0 Å². The maximum atomic E-state index is 12.9. The fourth-order valence-corrected chi connectivity index (χ4v) is 2.14. The largest absolute Gasteiger partial charge is 0.378 e. The number of nitrogens with zero attached hydrogens (tertiary/aromatic N) is 2. The molecule has 0 aliphatic carbocycles. The summed E-state index contributed by atoms with van der Waals surface area (Å²) in [4.78, 5) is 14.1. The Bertz CT molecular complexity index is 603. The standard InChI is InChI=1S/C14H13FN2O3/c15-11-3-1-10(2-4-11)13-12(9-16-20-13)14(18)17-5-7-19-8-6-17/h1-4,9H,5-8H2. The fraction of sp³-hybridized carbons (Fsp3) is 0.286. The summed E-state index contributed by atoms with van der Waals surface area (Å²) in [6, 6.07) is 5.76. The average Bonchev–Trinajstić information content (AvgIpc) is 2.97. The third-order valence-corrected chi connectivity index (χ3v) is 3.21. The zero-order valence-corrected chi connectivity index (χ0v) is 10.7. The Morgan fingerprint density at radius 1 is 1.20 bits per heavy atom. The molecule has 1 aliphatic heterocycles. The topological polar surface area (TPSA) is 55.6 Å². The number of morpholine rings is 1. The van der Waals surface area contributed by atoms with Crippen LogP contribution < -0.4 is 0 Å². The zero-order chi connectivity index (χ0) is 13.9. The first-order valence-corrected chi connectivity index (χ1v) is 6.33. The van der Waals surface area contributed by atoms with Gasteiger partial charge in [-0.2, -0.15) is 0 Å². The third kappa shape index (κ3) is 2.42. The van der Waals surface area contributed by atoms with Crippen LogP contribution in [0.5, 0.6) is 0 Å². The van der Waals surface area contributed by atoms with Crippen LogP contribution in [-0.4, -0.2) is 42.3 Å². The van der Waals surface area contributed by atoms with Crippen LogP contribution >= 0.6 is 0 Å². The van der Waals surface area contributed by atoms with E-state index >= 15 is 0 Å². The Morgan fingerprint density at radius 2 is 1.90 bits per heavy atom. The molecule has 0 radical (unpaired) electrons. The molecule has 0 bridgehead atoms. The molecular formula is C14H13FN2O3. The van der Waals surface area contributed by atoms with Gasteiger partial charge in [0.2, 0.25) is 0 Å². The molecule has 5 nitrogen and oxygen atoms in total. The molecule has 20 heavy (non-hydrogen) atoms. The lowest BCUT2D eigenvalue weighted by molar-refractivity contribution is 0.0303. The number of aromatic nitrogens is 1. The number of carbonyl (C=O) groups is 1. The van der Waals surface area contributed by atoms with Crippen molar-refractivity contribution in [1.29, 1.82) is 0 Å². The molecule has 2 aromatic rings. The highest BCUT2D eigenvalue weighted by molar-refractivity contribution is 5.99. The summed E-state index contributed by atoms with van der Waals surface area (Å²) in [7, 11) is 0. The molecule has 0 spiro atoms. The van der Waals surface area contributed by atoms with Crippen LogP contribution in [0.3, 0.4) is 0 Å². The number of amides is 1. The Morgan fingerprint density at radius 3 is 2.60 bits per heavy atom.